The lowest BCUT2D eigenvalue weighted by atomic mass is 10.00. The average Bonchev–Trinajstić information content (AvgIpc) is 3.23. The van der Waals surface area contributed by atoms with E-state index in [4.69, 9.17) is 4.99 Å². The Balaban J connectivity index is 1.46. The third-order valence-corrected chi connectivity index (χ3v) is 6.53. The number of amides is 1. The van der Waals surface area contributed by atoms with Gasteiger partial charge in [0.2, 0.25) is 5.91 Å². The molecule has 8 nitrogen and oxygen atoms in total. The molecule has 1 aliphatic rings. The first kappa shape index (κ1) is 24.3. The number of H-pyrrole nitrogens is 1. The molecule has 3 aromatic carbocycles. The van der Waals surface area contributed by atoms with Crippen molar-refractivity contribution in [2.45, 2.75) is 0 Å². The molecule has 0 radical (unpaired) electrons. The van der Waals surface area contributed by atoms with Crippen LogP contribution in [0.2, 0.25) is 0 Å². The number of nitrogens with one attached hydrogen (secondary N) is 2. The molecule has 5 rings (SSSR count). The highest BCUT2D eigenvalue weighted by molar-refractivity contribution is 6.22. The van der Waals surface area contributed by atoms with Crippen molar-refractivity contribution in [2.75, 3.05) is 45.1 Å². The number of likely N-dealkylation sites (N-methyl/N-ethyl adjacent to an activating group) is 1. The summed E-state index contributed by atoms with van der Waals surface area (Å²) in [5.41, 5.74) is 4.41. The second-order valence-electron chi connectivity index (χ2n) is 9.23. The molecule has 1 saturated heterocycles. The first-order valence-electron chi connectivity index (χ1n) is 12.2. The molecule has 2 heterocycles. The largest absolute Gasteiger partial charge is 0.494 e. The zero-order valence-electron chi connectivity index (χ0n) is 20.6. The molecule has 0 unspecified atom stereocenters. The van der Waals surface area contributed by atoms with Crippen LogP contribution in [0.15, 0.2) is 77.8 Å². The van der Waals surface area contributed by atoms with Crippen LogP contribution in [0.4, 0.5) is 11.4 Å². The summed E-state index contributed by atoms with van der Waals surface area (Å²) in [7, 11) is 2.09. The van der Waals surface area contributed by atoms with Crippen molar-refractivity contribution < 1.29 is 9.90 Å². The number of nitrogens with zero attached hydrogens (tertiary/aromatic N) is 4. The Morgan fingerprint density at radius 2 is 1.84 bits per heavy atom. The van der Waals surface area contributed by atoms with Crippen molar-refractivity contribution in [1.29, 1.82) is 5.26 Å². The van der Waals surface area contributed by atoms with Crippen molar-refractivity contribution >= 4 is 33.9 Å². The minimum absolute atomic E-state index is 0.0238. The Morgan fingerprint density at radius 3 is 2.59 bits per heavy atom. The summed E-state index contributed by atoms with van der Waals surface area (Å²) in [6, 6.07) is 24.4. The van der Waals surface area contributed by atoms with Gasteiger partial charge in [-0.15, -0.1) is 0 Å². The summed E-state index contributed by atoms with van der Waals surface area (Å²) in [4.78, 5) is 25.0. The van der Waals surface area contributed by atoms with Gasteiger partial charge < -0.3 is 20.3 Å². The van der Waals surface area contributed by atoms with E-state index in [1.54, 1.807) is 12.1 Å². The average molecular weight is 493 g/mol. The quantitative estimate of drug-likeness (QED) is 0.351. The molecule has 0 bridgehead atoms. The first-order valence-corrected chi connectivity index (χ1v) is 12.2. The smallest absolute Gasteiger partial charge is 0.238 e. The van der Waals surface area contributed by atoms with Gasteiger partial charge in [-0.1, -0.05) is 42.5 Å². The highest BCUT2D eigenvalue weighted by Crippen LogP contribution is 2.32. The zero-order valence-corrected chi connectivity index (χ0v) is 20.6. The maximum absolute atomic E-state index is 12.7. The summed E-state index contributed by atoms with van der Waals surface area (Å²) < 4.78 is 0. The van der Waals surface area contributed by atoms with Crippen molar-refractivity contribution in [1.82, 2.24) is 14.8 Å². The van der Waals surface area contributed by atoms with Crippen molar-refractivity contribution in [2.24, 2.45) is 4.99 Å². The van der Waals surface area contributed by atoms with Gasteiger partial charge in [-0.25, -0.2) is 4.99 Å². The van der Waals surface area contributed by atoms with E-state index in [0.29, 0.717) is 40.3 Å². The first-order chi connectivity index (χ1) is 18.0. The van der Waals surface area contributed by atoms with E-state index in [0.717, 1.165) is 37.1 Å². The van der Waals surface area contributed by atoms with Crippen LogP contribution in [0, 0.1) is 11.3 Å². The Labute approximate surface area is 215 Å². The standard InChI is InChI=1S/C29H28N6O2/c1-34-12-14-35(15-13-34)19-26(36)31-22-8-5-9-23(17-22)32-28(21-6-3-2-4-7-21)27-24-11-10-20(18-30)16-25(24)33-29(27)37/h2-11,16-17,33,37H,12-15,19H2,1H3,(H,31,36). The van der Waals surface area contributed by atoms with Gasteiger partial charge >= 0.3 is 0 Å². The highest BCUT2D eigenvalue weighted by Gasteiger charge is 2.20. The molecular formula is C29H28N6O2. The summed E-state index contributed by atoms with van der Waals surface area (Å²) in [6.07, 6.45) is 0. The fourth-order valence-electron chi connectivity index (χ4n) is 4.55. The third kappa shape index (κ3) is 5.54. The number of hydrogen-bond acceptors (Lipinski definition) is 6. The lowest BCUT2D eigenvalue weighted by Crippen LogP contribution is -2.47. The number of piperazine rings is 1. The summed E-state index contributed by atoms with van der Waals surface area (Å²) in [6.45, 7) is 4.01. The second-order valence-corrected chi connectivity index (χ2v) is 9.23. The lowest BCUT2D eigenvalue weighted by molar-refractivity contribution is -0.117. The summed E-state index contributed by atoms with van der Waals surface area (Å²) >= 11 is 0. The molecule has 0 spiro atoms. The summed E-state index contributed by atoms with van der Waals surface area (Å²) in [5.74, 6) is -0.0825. The molecular weight excluding hydrogens is 464 g/mol. The van der Waals surface area contributed by atoms with Crippen LogP contribution < -0.4 is 5.32 Å². The topological polar surface area (TPSA) is 108 Å². The molecule has 4 aromatic rings. The number of aromatic hydroxyl groups is 1. The minimum Gasteiger partial charge on any atom is -0.494 e. The zero-order chi connectivity index (χ0) is 25.8. The second kappa shape index (κ2) is 10.7. The van der Waals surface area contributed by atoms with E-state index < -0.39 is 0 Å². The van der Waals surface area contributed by atoms with Crippen molar-refractivity contribution in [3.63, 3.8) is 0 Å². The van der Waals surface area contributed by atoms with Crippen molar-refractivity contribution in [3.8, 4) is 11.9 Å². The van der Waals surface area contributed by atoms with E-state index in [9.17, 15) is 15.2 Å². The molecule has 1 aromatic heterocycles. The predicted octanol–water partition coefficient (Wildman–Crippen LogP) is 4.10. The number of carbonyl (C=O) groups is 1. The number of aliphatic imine (C=N–C) groups is 1. The van der Waals surface area contributed by atoms with Gasteiger partial charge in [0.15, 0.2) is 5.88 Å². The Hall–Kier alpha value is -4.45. The number of benzene rings is 3. The third-order valence-electron chi connectivity index (χ3n) is 6.53. The molecule has 0 atom stereocenters. The van der Waals surface area contributed by atoms with Crippen LogP contribution in [0.1, 0.15) is 16.7 Å². The maximum atomic E-state index is 12.7. The molecule has 37 heavy (non-hydrogen) atoms. The Morgan fingerprint density at radius 1 is 1.05 bits per heavy atom. The Bertz CT molecular complexity index is 1490. The van der Waals surface area contributed by atoms with E-state index in [1.807, 2.05) is 60.7 Å². The SMILES string of the molecule is CN1CCN(CC(=O)Nc2cccc(N=C(c3ccccc3)c3c(O)[nH]c4cc(C#N)ccc34)c2)CC1. The van der Waals surface area contributed by atoms with Gasteiger partial charge in [0.05, 0.1) is 40.7 Å². The molecule has 0 saturated carbocycles. The minimum atomic E-state index is -0.0588. The van der Waals surface area contributed by atoms with Crippen LogP contribution in [0.3, 0.4) is 0 Å². The number of anilines is 1. The van der Waals surface area contributed by atoms with Gasteiger partial charge in [-0.3, -0.25) is 9.69 Å². The molecule has 1 fully saturated rings. The molecule has 0 aliphatic carbocycles. The van der Waals surface area contributed by atoms with E-state index in [1.165, 1.54) is 0 Å². The van der Waals surface area contributed by atoms with E-state index in [-0.39, 0.29) is 11.8 Å². The van der Waals surface area contributed by atoms with Gasteiger partial charge in [0.1, 0.15) is 0 Å². The summed E-state index contributed by atoms with van der Waals surface area (Å²) in [5, 5.41) is 23.9. The highest BCUT2D eigenvalue weighted by atomic mass is 16.3. The van der Waals surface area contributed by atoms with Crippen LogP contribution in [-0.4, -0.2) is 71.3 Å². The van der Waals surface area contributed by atoms with Crippen LogP contribution in [-0.2, 0) is 4.79 Å². The fraction of sp³-hybridized carbons (Fsp3) is 0.207. The van der Waals surface area contributed by atoms with Crippen LogP contribution >= 0.6 is 0 Å². The Kier molecular flexibility index (Phi) is 6.99. The molecule has 1 aliphatic heterocycles. The van der Waals surface area contributed by atoms with Gasteiger partial charge in [-0.2, -0.15) is 5.26 Å². The molecule has 186 valence electrons. The van der Waals surface area contributed by atoms with Gasteiger partial charge in [0.25, 0.3) is 0 Å². The predicted molar refractivity (Wildman–Crippen MR) is 145 cm³/mol. The number of aromatic nitrogens is 1. The number of hydrogen-bond donors (Lipinski definition) is 3. The monoisotopic (exact) mass is 492 g/mol. The van der Waals surface area contributed by atoms with Crippen LogP contribution in [0.25, 0.3) is 10.9 Å². The number of fused-ring (bicyclic) bond motifs is 1. The lowest BCUT2D eigenvalue weighted by Gasteiger charge is -2.31. The van der Waals surface area contributed by atoms with Crippen molar-refractivity contribution in [3.05, 3.63) is 89.5 Å². The van der Waals surface area contributed by atoms with E-state index in [2.05, 4.69) is 33.2 Å². The number of carbonyl (C=O) groups excluding carboxylic acids is 1. The molecule has 8 heteroatoms. The normalized spacial score (nSPS) is 15.0. The fourth-order valence-corrected chi connectivity index (χ4v) is 4.55. The van der Waals surface area contributed by atoms with Gasteiger partial charge in [0, 0.05) is 42.8 Å². The van der Waals surface area contributed by atoms with E-state index >= 15 is 0 Å². The molecule has 3 N–H and O–H groups in total. The number of aromatic amines is 1. The molecule has 1 amide bonds. The maximum Gasteiger partial charge on any atom is 0.238 e. The van der Waals surface area contributed by atoms with Gasteiger partial charge in [-0.05, 0) is 37.4 Å². The number of rotatable bonds is 6. The number of nitriles is 1. The van der Waals surface area contributed by atoms with Crippen LogP contribution in [0.5, 0.6) is 5.88 Å².